The number of aryl methyl sites for hydroxylation is 1. The third kappa shape index (κ3) is 2.35. The lowest BCUT2D eigenvalue weighted by atomic mass is 10.2. The van der Waals surface area contributed by atoms with E-state index in [4.69, 9.17) is 4.74 Å². The smallest absolute Gasteiger partial charge is 0.128 e. The molecule has 3 heteroatoms. The highest BCUT2D eigenvalue weighted by molar-refractivity contribution is 5.81. The number of hydrogen-bond donors (Lipinski definition) is 1. The largest absolute Gasteiger partial charge is 0.508 e. The molecule has 0 bridgehead atoms. The number of hydrogen-bond acceptors (Lipinski definition) is 2. The Bertz CT molecular complexity index is 713. The van der Waals surface area contributed by atoms with Crippen LogP contribution >= 0.6 is 0 Å². The fourth-order valence-corrected chi connectivity index (χ4v) is 2.46. The zero-order valence-electron chi connectivity index (χ0n) is 11.4. The molecule has 1 aromatic heterocycles. The van der Waals surface area contributed by atoms with Gasteiger partial charge in [0.05, 0.1) is 5.69 Å². The number of phenolic OH excluding ortho intramolecular Hbond substituents is 1. The number of fused-ring (bicyclic) bond motifs is 1. The van der Waals surface area contributed by atoms with Crippen molar-refractivity contribution in [2.24, 2.45) is 0 Å². The molecule has 3 rings (SSSR count). The van der Waals surface area contributed by atoms with E-state index in [1.807, 2.05) is 6.07 Å². The molecule has 1 N–H and O–H groups in total. The van der Waals surface area contributed by atoms with Crippen molar-refractivity contribution in [1.29, 1.82) is 0 Å². The molecular weight excluding hydrogens is 250 g/mol. The van der Waals surface area contributed by atoms with Gasteiger partial charge in [0, 0.05) is 12.1 Å². The Hall–Kier alpha value is -2.42. The Morgan fingerprint density at radius 3 is 2.55 bits per heavy atom. The molecule has 0 radical (unpaired) electrons. The second-order valence-corrected chi connectivity index (χ2v) is 4.72. The second kappa shape index (κ2) is 5.29. The Labute approximate surface area is 118 Å². The summed E-state index contributed by atoms with van der Waals surface area (Å²) in [7, 11) is 0. The van der Waals surface area contributed by atoms with Gasteiger partial charge in [-0.1, -0.05) is 18.2 Å². The van der Waals surface area contributed by atoms with E-state index < -0.39 is 0 Å². The predicted octanol–water partition coefficient (Wildman–Crippen LogP) is 3.95. The van der Waals surface area contributed by atoms with Crippen molar-refractivity contribution in [1.82, 2.24) is 4.57 Å². The predicted molar refractivity (Wildman–Crippen MR) is 80.1 cm³/mol. The third-order valence-electron chi connectivity index (χ3n) is 3.44. The average Bonchev–Trinajstić information content (AvgIpc) is 2.84. The first-order valence-electron chi connectivity index (χ1n) is 6.77. The summed E-state index contributed by atoms with van der Waals surface area (Å²) in [6.07, 6.45) is 0. The zero-order chi connectivity index (χ0) is 13.9. The highest BCUT2D eigenvalue weighted by Crippen LogP contribution is 2.22. The molecule has 0 atom stereocenters. The SMILES string of the molecule is CCn1c(COc2ccc(O)cc2)cc2ccccc21. The van der Waals surface area contributed by atoms with E-state index in [9.17, 15) is 5.11 Å². The summed E-state index contributed by atoms with van der Waals surface area (Å²) in [5.74, 6) is 1.01. The van der Waals surface area contributed by atoms with Gasteiger partial charge in [0.1, 0.15) is 18.1 Å². The minimum Gasteiger partial charge on any atom is -0.508 e. The first-order chi connectivity index (χ1) is 9.78. The van der Waals surface area contributed by atoms with E-state index in [1.54, 1.807) is 24.3 Å². The van der Waals surface area contributed by atoms with Crippen LogP contribution in [0.2, 0.25) is 0 Å². The number of phenols is 1. The number of aromatic nitrogens is 1. The zero-order valence-corrected chi connectivity index (χ0v) is 11.4. The van der Waals surface area contributed by atoms with E-state index in [-0.39, 0.29) is 5.75 Å². The Morgan fingerprint density at radius 1 is 1.05 bits per heavy atom. The van der Waals surface area contributed by atoms with Crippen molar-refractivity contribution < 1.29 is 9.84 Å². The number of para-hydroxylation sites is 1. The van der Waals surface area contributed by atoms with Crippen LogP contribution in [0.1, 0.15) is 12.6 Å². The number of nitrogens with zero attached hydrogens (tertiary/aromatic N) is 1. The summed E-state index contributed by atoms with van der Waals surface area (Å²) in [4.78, 5) is 0. The van der Waals surface area contributed by atoms with Crippen molar-refractivity contribution >= 4 is 10.9 Å². The first kappa shape index (κ1) is 12.6. The van der Waals surface area contributed by atoms with Crippen molar-refractivity contribution in [3.8, 4) is 11.5 Å². The summed E-state index contributed by atoms with van der Waals surface area (Å²) in [5.41, 5.74) is 2.39. The standard InChI is InChI=1S/C17H17NO2/c1-2-18-14(11-13-5-3-4-6-17(13)18)12-20-16-9-7-15(19)8-10-16/h3-11,19H,2,12H2,1H3. The molecule has 102 valence electrons. The molecule has 0 unspecified atom stereocenters. The maximum atomic E-state index is 9.26. The molecule has 20 heavy (non-hydrogen) atoms. The van der Waals surface area contributed by atoms with Gasteiger partial charge in [-0.15, -0.1) is 0 Å². The summed E-state index contributed by atoms with van der Waals surface area (Å²) >= 11 is 0. The van der Waals surface area contributed by atoms with Crippen LogP contribution < -0.4 is 4.74 Å². The molecule has 0 saturated heterocycles. The normalized spacial score (nSPS) is 10.8. The topological polar surface area (TPSA) is 34.4 Å². The van der Waals surface area contributed by atoms with Crippen molar-refractivity contribution in [3.05, 3.63) is 60.3 Å². The highest BCUT2D eigenvalue weighted by Gasteiger charge is 2.07. The van der Waals surface area contributed by atoms with Gasteiger partial charge >= 0.3 is 0 Å². The fourth-order valence-electron chi connectivity index (χ4n) is 2.46. The van der Waals surface area contributed by atoms with Crippen LogP contribution in [0.5, 0.6) is 11.5 Å². The maximum absolute atomic E-state index is 9.26. The van der Waals surface area contributed by atoms with Crippen LogP contribution in [-0.2, 0) is 13.2 Å². The van der Waals surface area contributed by atoms with E-state index in [0.29, 0.717) is 6.61 Å². The van der Waals surface area contributed by atoms with Gasteiger partial charge in [-0.25, -0.2) is 0 Å². The maximum Gasteiger partial charge on any atom is 0.128 e. The van der Waals surface area contributed by atoms with Gasteiger partial charge in [0.25, 0.3) is 0 Å². The minimum absolute atomic E-state index is 0.250. The van der Waals surface area contributed by atoms with E-state index >= 15 is 0 Å². The molecule has 2 aromatic carbocycles. The third-order valence-corrected chi connectivity index (χ3v) is 3.44. The van der Waals surface area contributed by atoms with Crippen LogP contribution in [0.25, 0.3) is 10.9 Å². The summed E-state index contributed by atoms with van der Waals surface area (Å²) in [6, 6.07) is 17.3. The van der Waals surface area contributed by atoms with Gasteiger partial charge in [-0.3, -0.25) is 0 Å². The molecule has 3 aromatic rings. The van der Waals surface area contributed by atoms with Crippen LogP contribution in [0.4, 0.5) is 0 Å². The van der Waals surface area contributed by atoms with Gasteiger partial charge in [-0.2, -0.15) is 0 Å². The van der Waals surface area contributed by atoms with Gasteiger partial charge in [-0.05, 0) is 48.7 Å². The van der Waals surface area contributed by atoms with Crippen molar-refractivity contribution in [2.45, 2.75) is 20.1 Å². The van der Waals surface area contributed by atoms with Gasteiger partial charge in [0.2, 0.25) is 0 Å². The van der Waals surface area contributed by atoms with E-state index in [0.717, 1.165) is 18.0 Å². The fraction of sp³-hybridized carbons (Fsp3) is 0.176. The van der Waals surface area contributed by atoms with Gasteiger partial charge in [0.15, 0.2) is 0 Å². The average molecular weight is 267 g/mol. The van der Waals surface area contributed by atoms with Crippen LogP contribution in [0.15, 0.2) is 54.6 Å². The summed E-state index contributed by atoms with van der Waals surface area (Å²) in [6.45, 7) is 3.57. The molecule has 0 aliphatic rings. The lowest BCUT2D eigenvalue weighted by Crippen LogP contribution is -2.04. The second-order valence-electron chi connectivity index (χ2n) is 4.72. The van der Waals surface area contributed by atoms with E-state index in [1.165, 1.54) is 10.9 Å². The molecule has 0 fully saturated rings. The molecule has 0 spiro atoms. The minimum atomic E-state index is 0.250. The number of benzene rings is 2. The van der Waals surface area contributed by atoms with Crippen molar-refractivity contribution in [2.75, 3.05) is 0 Å². The molecule has 0 saturated carbocycles. The van der Waals surface area contributed by atoms with Crippen LogP contribution in [0.3, 0.4) is 0 Å². The molecule has 1 heterocycles. The van der Waals surface area contributed by atoms with Crippen molar-refractivity contribution in [3.63, 3.8) is 0 Å². The molecule has 0 amide bonds. The summed E-state index contributed by atoms with van der Waals surface area (Å²) < 4.78 is 8.05. The first-order valence-corrected chi connectivity index (χ1v) is 6.77. The lowest BCUT2D eigenvalue weighted by Gasteiger charge is -2.09. The molecule has 0 aliphatic carbocycles. The Balaban J connectivity index is 1.85. The number of ether oxygens (including phenoxy) is 1. The molecular formula is C17H17NO2. The summed E-state index contributed by atoms with van der Waals surface area (Å²) in [5, 5.41) is 10.5. The van der Waals surface area contributed by atoms with Crippen LogP contribution in [-0.4, -0.2) is 9.67 Å². The number of aromatic hydroxyl groups is 1. The van der Waals surface area contributed by atoms with Gasteiger partial charge < -0.3 is 14.4 Å². The van der Waals surface area contributed by atoms with Crippen LogP contribution in [0, 0.1) is 0 Å². The molecule has 3 nitrogen and oxygen atoms in total. The Kier molecular flexibility index (Phi) is 3.33. The number of rotatable bonds is 4. The quantitative estimate of drug-likeness (QED) is 0.776. The lowest BCUT2D eigenvalue weighted by molar-refractivity contribution is 0.295. The molecule has 0 aliphatic heterocycles. The Morgan fingerprint density at radius 2 is 1.80 bits per heavy atom. The highest BCUT2D eigenvalue weighted by atomic mass is 16.5. The van der Waals surface area contributed by atoms with E-state index in [2.05, 4.69) is 35.8 Å². The monoisotopic (exact) mass is 267 g/mol.